The minimum atomic E-state index is -0.0492. The number of ether oxygens (including phenoxy) is 1. The zero-order valence-electron chi connectivity index (χ0n) is 13.7. The summed E-state index contributed by atoms with van der Waals surface area (Å²) in [5.74, 6) is 1.05. The summed E-state index contributed by atoms with van der Waals surface area (Å²) in [6, 6.07) is 0. The fourth-order valence-corrected chi connectivity index (χ4v) is 2.92. The molecular weight excluding hydrogens is 296 g/mol. The fourth-order valence-electron chi connectivity index (χ4n) is 2.92. The number of aromatic nitrogens is 5. The van der Waals surface area contributed by atoms with Crippen molar-refractivity contribution >= 4 is 5.91 Å². The summed E-state index contributed by atoms with van der Waals surface area (Å²) in [6.07, 6.45) is 4.46. The topological polar surface area (TPSA) is 88.9 Å². The zero-order chi connectivity index (χ0) is 16.4. The number of carbonyl (C=O) groups excluding carboxylic acids is 1. The Kier molecular flexibility index (Phi) is 4.42. The van der Waals surface area contributed by atoms with Gasteiger partial charge < -0.3 is 9.64 Å². The third-order valence-electron chi connectivity index (χ3n) is 4.55. The predicted octanol–water partition coefficient (Wildman–Crippen LogP) is 0.420. The van der Waals surface area contributed by atoms with Gasteiger partial charge in [0.1, 0.15) is 12.2 Å². The minimum Gasteiger partial charge on any atom is -0.376 e. The van der Waals surface area contributed by atoms with E-state index in [0.29, 0.717) is 19.6 Å². The molecule has 0 radical (unpaired) electrons. The molecule has 2 aromatic rings. The van der Waals surface area contributed by atoms with Crippen LogP contribution in [0, 0.1) is 6.92 Å². The highest BCUT2D eigenvalue weighted by Gasteiger charge is 2.33. The standard InChI is InChI=1S/C15H22N6O2/c1-10-11(7-18-21(10)3)6-14(22)20(2)8-13-12(4-5-23-13)15-16-9-17-19-15/h7,9,12-13H,4-6,8H2,1-3H3,(H,16,17,19)/t12-,13-/m1/s1. The molecule has 0 saturated carbocycles. The Morgan fingerprint density at radius 2 is 2.39 bits per heavy atom. The van der Waals surface area contributed by atoms with E-state index in [-0.39, 0.29) is 17.9 Å². The molecule has 3 heterocycles. The first-order valence-electron chi connectivity index (χ1n) is 7.74. The van der Waals surface area contributed by atoms with Crippen molar-refractivity contribution in [3.8, 4) is 0 Å². The third kappa shape index (κ3) is 3.26. The smallest absolute Gasteiger partial charge is 0.226 e. The van der Waals surface area contributed by atoms with E-state index in [9.17, 15) is 4.79 Å². The Labute approximate surface area is 134 Å². The van der Waals surface area contributed by atoms with Crippen molar-refractivity contribution in [2.75, 3.05) is 20.2 Å². The van der Waals surface area contributed by atoms with E-state index in [1.54, 1.807) is 15.8 Å². The fraction of sp³-hybridized carbons (Fsp3) is 0.600. The molecule has 3 rings (SSSR count). The molecule has 0 spiro atoms. The molecule has 124 valence electrons. The normalized spacial score (nSPS) is 20.8. The molecule has 23 heavy (non-hydrogen) atoms. The quantitative estimate of drug-likeness (QED) is 0.863. The lowest BCUT2D eigenvalue weighted by Crippen LogP contribution is -2.37. The van der Waals surface area contributed by atoms with Gasteiger partial charge in [-0.05, 0) is 13.3 Å². The summed E-state index contributed by atoms with van der Waals surface area (Å²) in [5, 5.41) is 11.0. The summed E-state index contributed by atoms with van der Waals surface area (Å²) in [5.41, 5.74) is 1.98. The molecule has 2 atom stereocenters. The second-order valence-electron chi connectivity index (χ2n) is 6.00. The van der Waals surface area contributed by atoms with Crippen LogP contribution in [0.15, 0.2) is 12.5 Å². The molecule has 1 saturated heterocycles. The van der Waals surface area contributed by atoms with Crippen molar-refractivity contribution in [2.45, 2.75) is 31.8 Å². The Morgan fingerprint density at radius 3 is 3.04 bits per heavy atom. The van der Waals surface area contributed by atoms with Crippen LogP contribution >= 0.6 is 0 Å². The lowest BCUT2D eigenvalue weighted by atomic mass is 10.0. The number of nitrogens with one attached hydrogen (secondary N) is 1. The maximum atomic E-state index is 12.5. The van der Waals surface area contributed by atoms with Crippen molar-refractivity contribution in [3.05, 3.63) is 29.6 Å². The number of aromatic amines is 1. The average Bonchev–Trinajstić information content (AvgIpc) is 3.25. The molecule has 1 aliphatic rings. The molecule has 0 aliphatic carbocycles. The first-order valence-corrected chi connectivity index (χ1v) is 7.74. The second kappa shape index (κ2) is 6.49. The molecule has 8 nitrogen and oxygen atoms in total. The van der Waals surface area contributed by atoms with Gasteiger partial charge in [-0.1, -0.05) is 0 Å². The van der Waals surface area contributed by atoms with Crippen molar-refractivity contribution in [1.29, 1.82) is 0 Å². The van der Waals surface area contributed by atoms with Crippen LogP contribution in [0.25, 0.3) is 0 Å². The molecular formula is C15H22N6O2. The van der Waals surface area contributed by atoms with Gasteiger partial charge in [-0.25, -0.2) is 4.98 Å². The number of hydrogen-bond acceptors (Lipinski definition) is 5. The Morgan fingerprint density at radius 1 is 1.57 bits per heavy atom. The molecule has 1 fully saturated rings. The van der Waals surface area contributed by atoms with Gasteiger partial charge in [0.05, 0.1) is 18.7 Å². The molecule has 1 aliphatic heterocycles. The third-order valence-corrected chi connectivity index (χ3v) is 4.55. The maximum Gasteiger partial charge on any atom is 0.226 e. The number of H-pyrrole nitrogens is 1. The molecule has 2 aromatic heterocycles. The van der Waals surface area contributed by atoms with E-state index in [1.165, 1.54) is 6.33 Å². The Balaban J connectivity index is 1.61. The highest BCUT2D eigenvalue weighted by atomic mass is 16.5. The summed E-state index contributed by atoms with van der Waals surface area (Å²) >= 11 is 0. The molecule has 0 aromatic carbocycles. The first kappa shape index (κ1) is 15.7. The summed E-state index contributed by atoms with van der Waals surface area (Å²) in [4.78, 5) is 18.4. The van der Waals surface area contributed by atoms with E-state index in [0.717, 1.165) is 23.5 Å². The minimum absolute atomic E-state index is 0.0492. The lowest BCUT2D eigenvalue weighted by Gasteiger charge is -2.24. The number of amides is 1. The van der Waals surface area contributed by atoms with Crippen LogP contribution in [0.4, 0.5) is 0 Å². The zero-order valence-corrected chi connectivity index (χ0v) is 13.7. The average molecular weight is 318 g/mol. The summed E-state index contributed by atoms with van der Waals surface area (Å²) in [6.45, 7) is 3.19. The maximum absolute atomic E-state index is 12.5. The van der Waals surface area contributed by atoms with Crippen molar-refractivity contribution in [2.24, 2.45) is 7.05 Å². The van der Waals surface area contributed by atoms with E-state index in [2.05, 4.69) is 20.3 Å². The molecule has 0 unspecified atom stereocenters. The van der Waals surface area contributed by atoms with Gasteiger partial charge in [-0.2, -0.15) is 10.2 Å². The van der Waals surface area contributed by atoms with E-state index >= 15 is 0 Å². The number of nitrogens with zero attached hydrogens (tertiary/aromatic N) is 5. The lowest BCUT2D eigenvalue weighted by molar-refractivity contribution is -0.130. The van der Waals surface area contributed by atoms with Crippen LogP contribution in [0.1, 0.15) is 29.4 Å². The number of hydrogen-bond donors (Lipinski definition) is 1. The summed E-state index contributed by atoms with van der Waals surface area (Å²) < 4.78 is 7.57. The largest absolute Gasteiger partial charge is 0.376 e. The van der Waals surface area contributed by atoms with Crippen LogP contribution in [-0.4, -0.2) is 62.1 Å². The van der Waals surface area contributed by atoms with E-state index < -0.39 is 0 Å². The van der Waals surface area contributed by atoms with Gasteiger partial charge in [0.15, 0.2) is 0 Å². The van der Waals surface area contributed by atoms with Crippen LogP contribution in [-0.2, 0) is 23.0 Å². The molecule has 1 amide bonds. The van der Waals surface area contributed by atoms with Crippen molar-refractivity contribution in [3.63, 3.8) is 0 Å². The van der Waals surface area contributed by atoms with Crippen LogP contribution in [0.2, 0.25) is 0 Å². The van der Waals surface area contributed by atoms with Gasteiger partial charge >= 0.3 is 0 Å². The van der Waals surface area contributed by atoms with Gasteiger partial charge in [0.25, 0.3) is 0 Å². The highest BCUT2D eigenvalue weighted by Crippen LogP contribution is 2.29. The van der Waals surface area contributed by atoms with Crippen LogP contribution in [0.5, 0.6) is 0 Å². The van der Waals surface area contributed by atoms with Gasteiger partial charge in [0, 0.05) is 44.4 Å². The van der Waals surface area contributed by atoms with Crippen molar-refractivity contribution < 1.29 is 9.53 Å². The molecule has 1 N–H and O–H groups in total. The molecule has 0 bridgehead atoms. The Hall–Kier alpha value is -2.22. The first-order chi connectivity index (χ1) is 11.1. The number of rotatable bonds is 5. The van der Waals surface area contributed by atoms with Crippen LogP contribution < -0.4 is 0 Å². The monoisotopic (exact) mass is 318 g/mol. The Bertz CT molecular complexity index is 666. The predicted molar refractivity (Wildman–Crippen MR) is 82.8 cm³/mol. The van der Waals surface area contributed by atoms with Crippen molar-refractivity contribution in [1.82, 2.24) is 29.9 Å². The highest BCUT2D eigenvalue weighted by molar-refractivity contribution is 5.78. The van der Waals surface area contributed by atoms with E-state index in [1.807, 2.05) is 21.0 Å². The number of aryl methyl sites for hydroxylation is 1. The van der Waals surface area contributed by atoms with Gasteiger partial charge in [-0.15, -0.1) is 0 Å². The van der Waals surface area contributed by atoms with Gasteiger partial charge in [-0.3, -0.25) is 14.6 Å². The molecule has 8 heteroatoms. The number of carbonyl (C=O) groups is 1. The summed E-state index contributed by atoms with van der Waals surface area (Å²) in [7, 11) is 3.69. The second-order valence-corrected chi connectivity index (χ2v) is 6.00. The van der Waals surface area contributed by atoms with E-state index in [4.69, 9.17) is 4.74 Å². The van der Waals surface area contributed by atoms with Crippen LogP contribution in [0.3, 0.4) is 0 Å². The SMILES string of the molecule is Cc1c(CC(=O)N(C)C[C@H]2OCC[C@H]2c2ncn[nH]2)cnn1C. The number of likely N-dealkylation sites (N-methyl/N-ethyl adjacent to an activating group) is 1. The van der Waals surface area contributed by atoms with Gasteiger partial charge in [0.2, 0.25) is 5.91 Å².